The van der Waals surface area contributed by atoms with Crippen molar-refractivity contribution < 1.29 is 28.0 Å². The maximum Gasteiger partial charge on any atom is 0.472 e. The van der Waals surface area contributed by atoms with Crippen molar-refractivity contribution in [2.75, 3.05) is 19.8 Å². The van der Waals surface area contributed by atoms with Crippen LogP contribution in [0.1, 0.15) is 53.4 Å². The summed E-state index contributed by atoms with van der Waals surface area (Å²) in [5.74, 6) is -0.312. The molecule has 0 fully saturated rings. The molecule has 0 aromatic heterocycles. The molecule has 0 aliphatic heterocycles. The van der Waals surface area contributed by atoms with E-state index in [1.807, 2.05) is 13.8 Å². The predicted molar refractivity (Wildman–Crippen MR) is 83.0 cm³/mol. The van der Waals surface area contributed by atoms with Crippen LogP contribution in [0.25, 0.3) is 0 Å². The van der Waals surface area contributed by atoms with Crippen molar-refractivity contribution in [2.45, 2.75) is 53.4 Å². The highest BCUT2D eigenvalue weighted by Crippen LogP contribution is 2.43. The number of ether oxygens (including phenoxy) is 1. The highest BCUT2D eigenvalue weighted by molar-refractivity contribution is 7.47. The summed E-state index contributed by atoms with van der Waals surface area (Å²) in [7, 11) is -3.75. The van der Waals surface area contributed by atoms with Crippen LogP contribution in [0.4, 0.5) is 0 Å². The molecule has 0 heterocycles. The van der Waals surface area contributed by atoms with Crippen LogP contribution in [0.2, 0.25) is 0 Å². The van der Waals surface area contributed by atoms with Gasteiger partial charge in [-0.3, -0.25) is 9.05 Å². The SMILES string of the molecule is C=C(C)C(=O)OCC.CCCCOP(=O)(O)OCCCC. The van der Waals surface area contributed by atoms with E-state index in [-0.39, 0.29) is 19.2 Å². The van der Waals surface area contributed by atoms with Crippen LogP contribution in [-0.2, 0) is 23.1 Å². The van der Waals surface area contributed by atoms with Gasteiger partial charge in [-0.1, -0.05) is 33.3 Å². The fourth-order valence-corrected chi connectivity index (χ4v) is 1.73. The number of hydrogen-bond acceptors (Lipinski definition) is 5. The van der Waals surface area contributed by atoms with Crippen LogP contribution in [0.3, 0.4) is 0 Å². The van der Waals surface area contributed by atoms with Gasteiger partial charge in [0.15, 0.2) is 0 Å². The smallest absolute Gasteiger partial charge is 0.463 e. The molecule has 0 aliphatic carbocycles. The van der Waals surface area contributed by atoms with Gasteiger partial charge in [-0.15, -0.1) is 0 Å². The molecule has 0 amide bonds. The lowest BCUT2D eigenvalue weighted by molar-refractivity contribution is -0.138. The van der Waals surface area contributed by atoms with Crippen molar-refractivity contribution >= 4 is 13.8 Å². The second kappa shape index (κ2) is 14.3. The number of carbonyl (C=O) groups is 1. The van der Waals surface area contributed by atoms with E-state index >= 15 is 0 Å². The molecule has 0 aromatic rings. The molecule has 1 N–H and O–H groups in total. The topological polar surface area (TPSA) is 82.1 Å². The van der Waals surface area contributed by atoms with Gasteiger partial charge in [0.25, 0.3) is 0 Å². The Morgan fingerprint density at radius 2 is 1.52 bits per heavy atom. The third kappa shape index (κ3) is 17.3. The van der Waals surface area contributed by atoms with E-state index in [2.05, 4.69) is 11.3 Å². The third-order valence-electron chi connectivity index (χ3n) is 2.13. The monoisotopic (exact) mass is 324 g/mol. The lowest BCUT2D eigenvalue weighted by atomic mass is 10.4. The van der Waals surface area contributed by atoms with Crippen LogP contribution in [-0.4, -0.2) is 30.7 Å². The summed E-state index contributed by atoms with van der Waals surface area (Å²) in [5, 5.41) is 0. The van der Waals surface area contributed by atoms with E-state index in [0.717, 1.165) is 25.7 Å². The van der Waals surface area contributed by atoms with Gasteiger partial charge in [-0.05, 0) is 26.7 Å². The zero-order chi connectivity index (χ0) is 16.7. The minimum Gasteiger partial charge on any atom is -0.463 e. The number of esters is 1. The Morgan fingerprint density at radius 1 is 1.10 bits per heavy atom. The Balaban J connectivity index is 0. The predicted octanol–water partition coefficient (Wildman–Crippen LogP) is 3.85. The molecule has 6 nitrogen and oxygen atoms in total. The lowest BCUT2D eigenvalue weighted by Gasteiger charge is -2.10. The standard InChI is InChI=1S/C8H19O4P.C6H10O2/c1-3-5-7-11-13(9,10)12-8-6-4-2;1-4-8-6(7)5(2)3/h3-8H2,1-2H3,(H,9,10);2,4H2,1,3H3. The van der Waals surface area contributed by atoms with E-state index < -0.39 is 7.82 Å². The fraction of sp³-hybridized carbons (Fsp3) is 0.786. The summed E-state index contributed by atoms with van der Waals surface area (Å²) < 4.78 is 25.1. The van der Waals surface area contributed by atoms with Gasteiger partial charge < -0.3 is 9.63 Å². The molecule has 0 atom stereocenters. The van der Waals surface area contributed by atoms with Crippen molar-refractivity contribution in [1.82, 2.24) is 0 Å². The molecule has 126 valence electrons. The number of phosphoric acid groups is 1. The zero-order valence-corrected chi connectivity index (χ0v) is 14.5. The molecule has 0 radical (unpaired) electrons. The van der Waals surface area contributed by atoms with E-state index in [0.29, 0.717) is 12.2 Å². The first-order chi connectivity index (χ1) is 9.80. The van der Waals surface area contributed by atoms with Crippen molar-refractivity contribution in [3.05, 3.63) is 12.2 Å². The second-order valence-electron chi connectivity index (χ2n) is 4.34. The van der Waals surface area contributed by atoms with E-state index in [9.17, 15) is 9.36 Å². The minimum atomic E-state index is -3.75. The molecular weight excluding hydrogens is 295 g/mol. The lowest BCUT2D eigenvalue weighted by Crippen LogP contribution is -2.03. The van der Waals surface area contributed by atoms with Gasteiger partial charge in [0.2, 0.25) is 0 Å². The number of unbranched alkanes of at least 4 members (excludes halogenated alkanes) is 2. The largest absolute Gasteiger partial charge is 0.472 e. The second-order valence-corrected chi connectivity index (χ2v) is 5.80. The summed E-state index contributed by atoms with van der Waals surface area (Å²) in [6, 6.07) is 0. The molecule has 21 heavy (non-hydrogen) atoms. The number of phosphoric ester groups is 1. The summed E-state index contributed by atoms with van der Waals surface area (Å²) in [4.78, 5) is 19.5. The van der Waals surface area contributed by atoms with E-state index in [1.165, 1.54) is 0 Å². The summed E-state index contributed by atoms with van der Waals surface area (Å²) >= 11 is 0. The number of carbonyl (C=O) groups excluding carboxylic acids is 1. The van der Waals surface area contributed by atoms with Gasteiger partial charge in [0.05, 0.1) is 19.8 Å². The zero-order valence-electron chi connectivity index (χ0n) is 13.6. The van der Waals surface area contributed by atoms with E-state index in [4.69, 9.17) is 13.9 Å². The fourth-order valence-electron chi connectivity index (χ4n) is 0.940. The van der Waals surface area contributed by atoms with Crippen LogP contribution >= 0.6 is 7.82 Å². The molecular formula is C14H29O6P. The van der Waals surface area contributed by atoms with Crippen LogP contribution in [0.15, 0.2) is 12.2 Å². The van der Waals surface area contributed by atoms with Crippen molar-refractivity contribution in [2.24, 2.45) is 0 Å². The van der Waals surface area contributed by atoms with E-state index in [1.54, 1.807) is 13.8 Å². The Kier molecular flexibility index (Phi) is 15.4. The third-order valence-corrected chi connectivity index (χ3v) is 3.15. The van der Waals surface area contributed by atoms with Crippen LogP contribution in [0.5, 0.6) is 0 Å². The first kappa shape index (κ1) is 22.6. The Hall–Kier alpha value is -0.680. The molecule has 0 unspecified atom stereocenters. The maximum absolute atomic E-state index is 11.1. The van der Waals surface area contributed by atoms with Crippen molar-refractivity contribution in [3.8, 4) is 0 Å². The quantitative estimate of drug-likeness (QED) is 0.284. The normalized spacial score (nSPS) is 10.5. The summed E-state index contributed by atoms with van der Waals surface area (Å²) in [6.07, 6.45) is 3.44. The Morgan fingerprint density at radius 3 is 1.76 bits per heavy atom. The maximum atomic E-state index is 11.1. The first-order valence-corrected chi connectivity index (χ1v) is 8.74. The number of rotatable bonds is 10. The minimum absolute atomic E-state index is 0.288. The first-order valence-electron chi connectivity index (χ1n) is 7.25. The highest BCUT2D eigenvalue weighted by Gasteiger charge is 2.19. The Bertz CT molecular complexity index is 315. The van der Waals surface area contributed by atoms with Gasteiger partial charge in [0, 0.05) is 5.57 Å². The van der Waals surface area contributed by atoms with Crippen molar-refractivity contribution in [3.63, 3.8) is 0 Å². The van der Waals surface area contributed by atoms with Gasteiger partial charge in [0.1, 0.15) is 0 Å². The average molecular weight is 324 g/mol. The van der Waals surface area contributed by atoms with Gasteiger partial charge in [-0.2, -0.15) is 0 Å². The molecule has 0 rings (SSSR count). The van der Waals surface area contributed by atoms with Crippen molar-refractivity contribution in [1.29, 1.82) is 0 Å². The Labute approximate surface area is 128 Å². The van der Waals surface area contributed by atoms with Crippen LogP contribution in [0, 0.1) is 0 Å². The molecule has 0 spiro atoms. The molecule has 0 aliphatic rings. The molecule has 0 saturated heterocycles. The number of hydrogen-bond donors (Lipinski definition) is 1. The summed E-state index contributed by atoms with van der Waals surface area (Å²) in [6.45, 7) is 11.8. The van der Waals surface area contributed by atoms with Gasteiger partial charge >= 0.3 is 13.8 Å². The van der Waals surface area contributed by atoms with Gasteiger partial charge in [-0.25, -0.2) is 9.36 Å². The van der Waals surface area contributed by atoms with Crippen LogP contribution < -0.4 is 0 Å². The molecule has 0 bridgehead atoms. The molecule has 7 heteroatoms. The highest BCUT2D eigenvalue weighted by atomic mass is 31.2. The summed E-state index contributed by atoms with van der Waals surface area (Å²) in [5.41, 5.74) is 0.451. The molecule has 0 saturated carbocycles. The average Bonchev–Trinajstić information content (AvgIpc) is 2.40. The molecule has 0 aromatic carbocycles.